The minimum atomic E-state index is -0.576. The number of ether oxygens (including phenoxy) is 1. The van der Waals surface area contributed by atoms with Gasteiger partial charge in [-0.05, 0) is 48.7 Å². The largest absolute Gasteiger partial charge is 0.496 e. The number of hydrogen-bond donors (Lipinski definition) is 2. The van der Waals surface area contributed by atoms with Crippen molar-refractivity contribution in [1.82, 2.24) is 24.8 Å². The molecule has 2 aromatic carbocycles. The van der Waals surface area contributed by atoms with Gasteiger partial charge in [-0.25, -0.2) is 19.3 Å². The van der Waals surface area contributed by atoms with Gasteiger partial charge in [0.25, 0.3) is 5.91 Å². The molecule has 2 aliphatic rings. The molecule has 1 aliphatic heterocycles. The molecule has 0 atom stereocenters. The lowest BCUT2D eigenvalue weighted by Gasteiger charge is -2.32. The lowest BCUT2D eigenvalue weighted by atomic mass is 9.79. The van der Waals surface area contributed by atoms with E-state index in [0.717, 1.165) is 28.8 Å². The maximum absolute atomic E-state index is 14.8. The Morgan fingerprint density at radius 2 is 1.92 bits per heavy atom. The van der Waals surface area contributed by atoms with Crippen molar-refractivity contribution in [2.75, 3.05) is 19.0 Å². The van der Waals surface area contributed by atoms with Gasteiger partial charge in [0, 0.05) is 53.5 Å². The Labute approximate surface area is 220 Å². The Balaban J connectivity index is 1.31. The molecule has 3 heterocycles. The number of fused-ring (bicyclic) bond motifs is 1. The predicted molar refractivity (Wildman–Crippen MR) is 143 cm³/mol. The van der Waals surface area contributed by atoms with Crippen LogP contribution in [0.5, 0.6) is 5.75 Å². The average molecular weight is 513 g/mol. The Bertz CT molecular complexity index is 1570. The molecule has 6 rings (SSSR count). The molecule has 8 nitrogen and oxygen atoms in total. The second kappa shape index (κ2) is 8.93. The fourth-order valence-electron chi connectivity index (χ4n) is 4.98. The maximum atomic E-state index is 14.8. The third-order valence-electron chi connectivity index (χ3n) is 7.28. The van der Waals surface area contributed by atoms with Crippen LogP contribution < -0.4 is 15.4 Å². The van der Waals surface area contributed by atoms with Crippen molar-refractivity contribution in [2.45, 2.75) is 38.0 Å². The first kappa shape index (κ1) is 24.1. The van der Waals surface area contributed by atoms with Crippen molar-refractivity contribution >= 4 is 17.4 Å². The van der Waals surface area contributed by atoms with E-state index in [0.29, 0.717) is 40.9 Å². The average Bonchev–Trinajstić information content (AvgIpc) is 3.68. The molecule has 0 radical (unpaired) electrons. The zero-order valence-corrected chi connectivity index (χ0v) is 21.8. The quantitative estimate of drug-likeness (QED) is 0.363. The zero-order chi connectivity index (χ0) is 26.6. The van der Waals surface area contributed by atoms with Gasteiger partial charge in [-0.2, -0.15) is 0 Å². The van der Waals surface area contributed by atoms with E-state index in [1.165, 1.54) is 12.8 Å². The molecule has 2 N–H and O–H groups in total. The van der Waals surface area contributed by atoms with Crippen molar-refractivity contribution in [2.24, 2.45) is 7.05 Å². The van der Waals surface area contributed by atoms with Gasteiger partial charge in [-0.1, -0.05) is 19.9 Å². The number of anilines is 2. The number of aromatic nitrogens is 4. The van der Waals surface area contributed by atoms with E-state index in [1.807, 2.05) is 37.5 Å². The van der Waals surface area contributed by atoms with Crippen LogP contribution in [0.4, 0.5) is 15.9 Å². The topological polar surface area (TPSA) is 94.0 Å². The molecule has 0 saturated heterocycles. The minimum Gasteiger partial charge on any atom is -0.496 e. The number of amides is 1. The van der Waals surface area contributed by atoms with Crippen LogP contribution in [-0.4, -0.2) is 39.1 Å². The lowest BCUT2D eigenvalue weighted by Crippen LogP contribution is -2.43. The summed E-state index contributed by atoms with van der Waals surface area (Å²) in [5.74, 6) is 2.00. The Morgan fingerprint density at radius 3 is 2.68 bits per heavy atom. The van der Waals surface area contributed by atoms with E-state index in [9.17, 15) is 9.18 Å². The first-order valence-corrected chi connectivity index (χ1v) is 12.7. The summed E-state index contributed by atoms with van der Waals surface area (Å²) in [5, 5.41) is 5.99. The fraction of sp³-hybridized carbons (Fsp3) is 0.310. The molecule has 9 heteroatoms. The summed E-state index contributed by atoms with van der Waals surface area (Å²) in [6, 6.07) is 11.1. The highest BCUT2D eigenvalue weighted by Gasteiger charge is 2.32. The van der Waals surface area contributed by atoms with E-state index >= 15 is 0 Å². The van der Waals surface area contributed by atoms with Gasteiger partial charge in [-0.3, -0.25) is 4.79 Å². The van der Waals surface area contributed by atoms with Crippen molar-refractivity contribution in [1.29, 1.82) is 0 Å². The predicted octanol–water partition coefficient (Wildman–Crippen LogP) is 5.33. The number of carbonyl (C=O) groups excluding carboxylic acids is 1. The molecular formula is C29H29FN6O2. The summed E-state index contributed by atoms with van der Waals surface area (Å²) < 4.78 is 22.5. The molecule has 194 valence electrons. The number of rotatable bonds is 6. The number of aryl methyl sites for hydroxylation is 1. The van der Waals surface area contributed by atoms with Gasteiger partial charge in [-0.15, -0.1) is 0 Å². The van der Waals surface area contributed by atoms with E-state index in [1.54, 1.807) is 19.2 Å². The number of methoxy groups -OCH3 is 1. The molecule has 1 fully saturated rings. The SMILES string of the molecule is COc1cc(-c2ncc(F)c(Nc3ccc4c(c3)C(C)(C)CNC4=O)n2)ccc1-c1cn(C)c(C2CC2)n1. The van der Waals surface area contributed by atoms with Crippen molar-refractivity contribution in [3.8, 4) is 28.4 Å². The van der Waals surface area contributed by atoms with Gasteiger partial charge >= 0.3 is 0 Å². The molecule has 0 spiro atoms. The Hall–Kier alpha value is -4.27. The molecule has 1 amide bonds. The summed E-state index contributed by atoms with van der Waals surface area (Å²) in [7, 11) is 3.63. The van der Waals surface area contributed by atoms with Gasteiger partial charge in [0.15, 0.2) is 17.5 Å². The zero-order valence-electron chi connectivity index (χ0n) is 21.8. The number of nitrogens with zero attached hydrogens (tertiary/aromatic N) is 4. The molecule has 0 unspecified atom stereocenters. The van der Waals surface area contributed by atoms with E-state index in [-0.39, 0.29) is 17.1 Å². The first-order valence-electron chi connectivity index (χ1n) is 12.7. The number of imidazole rings is 1. The number of carbonyl (C=O) groups is 1. The smallest absolute Gasteiger partial charge is 0.251 e. The summed E-state index contributed by atoms with van der Waals surface area (Å²) in [5.41, 5.74) is 4.34. The minimum absolute atomic E-state index is 0.0508. The van der Waals surface area contributed by atoms with Gasteiger partial charge < -0.3 is 19.9 Å². The van der Waals surface area contributed by atoms with Gasteiger partial charge in [0.05, 0.1) is 19.0 Å². The number of hydrogen-bond acceptors (Lipinski definition) is 6. The van der Waals surface area contributed by atoms with Crippen molar-refractivity contribution < 1.29 is 13.9 Å². The highest BCUT2D eigenvalue weighted by atomic mass is 19.1. The maximum Gasteiger partial charge on any atom is 0.251 e. The van der Waals surface area contributed by atoms with E-state index < -0.39 is 5.82 Å². The van der Waals surface area contributed by atoms with Crippen molar-refractivity contribution in [3.05, 3.63) is 71.6 Å². The Morgan fingerprint density at radius 1 is 1.13 bits per heavy atom. The molecule has 1 saturated carbocycles. The lowest BCUT2D eigenvalue weighted by molar-refractivity contribution is 0.0930. The summed E-state index contributed by atoms with van der Waals surface area (Å²) in [4.78, 5) is 25.8. The van der Waals surface area contributed by atoms with Crippen LogP contribution >= 0.6 is 0 Å². The summed E-state index contributed by atoms with van der Waals surface area (Å²) in [6.07, 6.45) is 5.53. The van der Waals surface area contributed by atoms with Crippen LogP contribution in [0.2, 0.25) is 0 Å². The molecule has 1 aliphatic carbocycles. The second-order valence-electron chi connectivity index (χ2n) is 10.6. The molecule has 38 heavy (non-hydrogen) atoms. The normalized spacial score (nSPS) is 16.1. The molecule has 0 bridgehead atoms. The third-order valence-corrected chi connectivity index (χ3v) is 7.28. The number of nitrogens with one attached hydrogen (secondary N) is 2. The highest BCUT2D eigenvalue weighted by molar-refractivity contribution is 5.98. The fourth-order valence-corrected chi connectivity index (χ4v) is 4.98. The molecule has 4 aromatic rings. The van der Waals surface area contributed by atoms with Crippen LogP contribution in [0.3, 0.4) is 0 Å². The first-order chi connectivity index (χ1) is 18.2. The van der Waals surface area contributed by atoms with Crippen LogP contribution in [0, 0.1) is 5.82 Å². The number of halogens is 1. The van der Waals surface area contributed by atoms with Crippen LogP contribution in [-0.2, 0) is 12.5 Å². The third kappa shape index (κ3) is 4.27. The summed E-state index contributed by atoms with van der Waals surface area (Å²) >= 11 is 0. The van der Waals surface area contributed by atoms with Crippen molar-refractivity contribution in [3.63, 3.8) is 0 Å². The van der Waals surface area contributed by atoms with Gasteiger partial charge in [0.1, 0.15) is 11.6 Å². The van der Waals surface area contributed by atoms with Crippen LogP contribution in [0.15, 0.2) is 48.8 Å². The Kier molecular flexibility index (Phi) is 5.66. The molecular weight excluding hydrogens is 483 g/mol. The number of benzene rings is 2. The van der Waals surface area contributed by atoms with Crippen LogP contribution in [0.25, 0.3) is 22.6 Å². The standard InChI is InChI=1S/C29H29FN6O2/c1-29(2)15-32-28(37)19-10-8-18(12-21(19)29)33-26-22(30)13-31-25(35-26)17-7-9-20(24(11-17)38-4)23-14-36(3)27(34-23)16-5-6-16/h7-14,16H,5-6,15H2,1-4H3,(H,32,37)(H,31,33,35). The van der Waals surface area contributed by atoms with E-state index in [4.69, 9.17) is 9.72 Å². The van der Waals surface area contributed by atoms with Crippen LogP contribution in [0.1, 0.15) is 54.4 Å². The monoisotopic (exact) mass is 512 g/mol. The van der Waals surface area contributed by atoms with E-state index in [2.05, 4.69) is 39.0 Å². The molecule has 2 aromatic heterocycles. The second-order valence-corrected chi connectivity index (χ2v) is 10.6. The van der Waals surface area contributed by atoms with Gasteiger partial charge in [0.2, 0.25) is 0 Å². The summed E-state index contributed by atoms with van der Waals surface area (Å²) in [6.45, 7) is 4.66. The highest BCUT2D eigenvalue weighted by Crippen LogP contribution is 2.41.